The maximum absolute atomic E-state index is 13.4. The summed E-state index contributed by atoms with van der Waals surface area (Å²) in [6, 6.07) is 7.72. The van der Waals surface area contributed by atoms with Gasteiger partial charge in [0.05, 0.1) is 11.5 Å². The van der Waals surface area contributed by atoms with Crippen molar-refractivity contribution in [3.63, 3.8) is 0 Å². The van der Waals surface area contributed by atoms with Crippen molar-refractivity contribution in [3.05, 3.63) is 34.9 Å². The number of piperazine rings is 1. The van der Waals surface area contributed by atoms with Gasteiger partial charge in [-0.15, -0.1) is 0 Å². The summed E-state index contributed by atoms with van der Waals surface area (Å²) in [5, 5.41) is 15.3. The number of nitrogens with one attached hydrogen (secondary N) is 1. The Balaban J connectivity index is 1.93. The van der Waals surface area contributed by atoms with E-state index in [2.05, 4.69) is 12.2 Å². The molecule has 0 spiro atoms. The minimum atomic E-state index is -0.964. The highest BCUT2D eigenvalue weighted by atomic mass is 35.5. The number of rotatable bonds is 3. The normalized spacial score (nSPS) is 25.3. The van der Waals surface area contributed by atoms with E-state index in [-0.39, 0.29) is 11.9 Å². The first-order valence-electron chi connectivity index (χ1n) is 9.00. The summed E-state index contributed by atoms with van der Waals surface area (Å²) in [5.41, 5.74) is -0.128. The van der Waals surface area contributed by atoms with E-state index in [4.69, 9.17) is 11.6 Å². The predicted octanol–water partition coefficient (Wildman–Crippen LogP) is 2.94. The number of hydrogen-bond acceptors (Lipinski definition) is 3. The number of aliphatic hydroxyl groups is 1. The van der Waals surface area contributed by atoms with Crippen molar-refractivity contribution in [3.8, 4) is 0 Å². The first kappa shape index (κ1) is 17.7. The lowest BCUT2D eigenvalue weighted by atomic mass is 9.72. The van der Waals surface area contributed by atoms with Gasteiger partial charge in [0.25, 0.3) is 0 Å². The van der Waals surface area contributed by atoms with Crippen LogP contribution in [-0.4, -0.2) is 47.2 Å². The zero-order chi connectivity index (χ0) is 17.2. The van der Waals surface area contributed by atoms with E-state index in [9.17, 15) is 9.90 Å². The van der Waals surface area contributed by atoms with E-state index in [1.165, 1.54) is 0 Å². The Labute approximate surface area is 149 Å². The fraction of sp³-hybridized carbons (Fsp3) is 0.632. The molecule has 24 heavy (non-hydrogen) atoms. The quantitative estimate of drug-likeness (QED) is 0.881. The highest BCUT2D eigenvalue weighted by Gasteiger charge is 2.45. The van der Waals surface area contributed by atoms with Crippen molar-refractivity contribution in [1.82, 2.24) is 10.2 Å². The van der Waals surface area contributed by atoms with Crippen LogP contribution in [0.1, 0.15) is 50.5 Å². The van der Waals surface area contributed by atoms with Crippen molar-refractivity contribution in [2.45, 2.75) is 56.6 Å². The molecule has 2 aliphatic rings. The van der Waals surface area contributed by atoms with Crippen LogP contribution in [0, 0.1) is 0 Å². The zero-order valence-corrected chi connectivity index (χ0v) is 15.1. The molecule has 1 amide bonds. The molecule has 3 rings (SSSR count). The van der Waals surface area contributed by atoms with Gasteiger partial charge in [0.1, 0.15) is 0 Å². The van der Waals surface area contributed by atoms with Crippen LogP contribution in [0.5, 0.6) is 0 Å². The SMILES string of the molecule is C[C@@H]1CN(C(=O)C(c2cccc(Cl)c2)C2(O)CCCCC2)CCN1. The van der Waals surface area contributed by atoms with Gasteiger partial charge in [0, 0.05) is 30.7 Å². The van der Waals surface area contributed by atoms with Crippen molar-refractivity contribution < 1.29 is 9.90 Å². The third-order valence-electron chi connectivity index (χ3n) is 5.37. The molecule has 0 bridgehead atoms. The molecule has 2 fully saturated rings. The lowest BCUT2D eigenvalue weighted by Gasteiger charge is -2.42. The monoisotopic (exact) mass is 350 g/mol. The van der Waals surface area contributed by atoms with Crippen LogP contribution >= 0.6 is 11.6 Å². The lowest BCUT2D eigenvalue weighted by Crippen LogP contribution is -2.55. The topological polar surface area (TPSA) is 52.6 Å². The molecular formula is C19H27ClN2O2. The number of benzene rings is 1. The first-order valence-corrected chi connectivity index (χ1v) is 9.37. The van der Waals surface area contributed by atoms with Gasteiger partial charge in [0.2, 0.25) is 5.91 Å². The molecule has 1 aromatic carbocycles. The Kier molecular flexibility index (Phi) is 5.48. The van der Waals surface area contributed by atoms with Crippen LogP contribution in [0.15, 0.2) is 24.3 Å². The number of carbonyl (C=O) groups is 1. The van der Waals surface area contributed by atoms with Crippen molar-refractivity contribution >= 4 is 17.5 Å². The van der Waals surface area contributed by atoms with Gasteiger partial charge in [-0.05, 0) is 37.5 Å². The summed E-state index contributed by atoms with van der Waals surface area (Å²) in [7, 11) is 0. The molecule has 132 valence electrons. The maximum atomic E-state index is 13.4. The van der Waals surface area contributed by atoms with Crippen molar-refractivity contribution in [2.24, 2.45) is 0 Å². The largest absolute Gasteiger partial charge is 0.389 e. The molecule has 0 radical (unpaired) electrons. The van der Waals surface area contributed by atoms with E-state index >= 15 is 0 Å². The molecule has 1 saturated carbocycles. The van der Waals surface area contributed by atoms with Crippen LogP contribution in [0.3, 0.4) is 0 Å². The number of carbonyl (C=O) groups excluding carboxylic acids is 1. The summed E-state index contributed by atoms with van der Waals surface area (Å²) in [5.74, 6) is -0.489. The summed E-state index contributed by atoms with van der Waals surface area (Å²) >= 11 is 6.17. The second-order valence-corrected chi connectivity index (χ2v) is 7.73. The second kappa shape index (κ2) is 7.42. The predicted molar refractivity (Wildman–Crippen MR) is 96.3 cm³/mol. The zero-order valence-electron chi connectivity index (χ0n) is 14.3. The molecule has 2 N–H and O–H groups in total. The fourth-order valence-electron chi connectivity index (χ4n) is 4.14. The highest BCUT2D eigenvalue weighted by molar-refractivity contribution is 6.30. The smallest absolute Gasteiger partial charge is 0.233 e. The standard InChI is InChI=1S/C19H27ClN2O2/c1-14-13-22(11-10-21-14)18(23)17(15-6-5-7-16(20)12-15)19(24)8-3-2-4-9-19/h5-7,12,14,17,21,24H,2-4,8-11,13H2,1H3/t14-,17?/m1/s1. The first-order chi connectivity index (χ1) is 11.5. The summed E-state index contributed by atoms with van der Waals surface area (Å²) in [6.07, 6.45) is 4.43. The third kappa shape index (κ3) is 3.76. The van der Waals surface area contributed by atoms with Crippen LogP contribution in [-0.2, 0) is 4.79 Å². The Morgan fingerprint density at radius 2 is 2.12 bits per heavy atom. The summed E-state index contributed by atoms with van der Waals surface area (Å²) in [4.78, 5) is 15.3. The molecule has 2 atom stereocenters. The van der Waals surface area contributed by atoms with Crippen LogP contribution < -0.4 is 5.32 Å². The van der Waals surface area contributed by atoms with Crippen LogP contribution in [0.25, 0.3) is 0 Å². The van der Waals surface area contributed by atoms with Crippen molar-refractivity contribution in [1.29, 1.82) is 0 Å². The molecule has 1 aliphatic carbocycles. The number of hydrogen-bond donors (Lipinski definition) is 2. The van der Waals surface area contributed by atoms with Crippen molar-refractivity contribution in [2.75, 3.05) is 19.6 Å². The van der Waals surface area contributed by atoms with Gasteiger partial charge >= 0.3 is 0 Å². The molecule has 1 aliphatic heterocycles. The Morgan fingerprint density at radius 3 is 2.79 bits per heavy atom. The Bertz CT molecular complexity index is 586. The van der Waals surface area contributed by atoms with E-state index in [1.807, 2.05) is 29.2 Å². The molecule has 1 aromatic rings. The van der Waals surface area contributed by atoms with Gasteiger partial charge in [-0.3, -0.25) is 4.79 Å². The molecule has 5 heteroatoms. The van der Waals surface area contributed by atoms with Gasteiger partial charge in [-0.2, -0.15) is 0 Å². The average molecular weight is 351 g/mol. The van der Waals surface area contributed by atoms with E-state index in [0.29, 0.717) is 31.0 Å². The Morgan fingerprint density at radius 1 is 1.38 bits per heavy atom. The molecule has 1 unspecified atom stereocenters. The van der Waals surface area contributed by atoms with E-state index in [1.54, 1.807) is 0 Å². The number of nitrogens with zero attached hydrogens (tertiary/aromatic N) is 1. The lowest BCUT2D eigenvalue weighted by molar-refractivity contribution is -0.142. The number of halogens is 1. The van der Waals surface area contributed by atoms with Gasteiger partial charge in [-0.1, -0.05) is 43.0 Å². The third-order valence-corrected chi connectivity index (χ3v) is 5.60. The van der Waals surface area contributed by atoms with Crippen LogP contribution in [0.4, 0.5) is 0 Å². The second-order valence-electron chi connectivity index (χ2n) is 7.29. The maximum Gasteiger partial charge on any atom is 0.233 e. The summed E-state index contributed by atoms with van der Waals surface area (Å²) < 4.78 is 0. The molecule has 1 heterocycles. The summed E-state index contributed by atoms with van der Waals surface area (Å²) in [6.45, 7) is 4.26. The molecular weight excluding hydrogens is 324 g/mol. The molecule has 4 nitrogen and oxygen atoms in total. The average Bonchev–Trinajstić information content (AvgIpc) is 2.55. The van der Waals surface area contributed by atoms with Gasteiger partial charge in [0.15, 0.2) is 0 Å². The fourth-order valence-corrected chi connectivity index (χ4v) is 4.34. The van der Waals surface area contributed by atoms with E-state index < -0.39 is 11.5 Å². The van der Waals surface area contributed by atoms with E-state index in [0.717, 1.165) is 31.4 Å². The minimum Gasteiger partial charge on any atom is -0.389 e. The highest BCUT2D eigenvalue weighted by Crippen LogP contribution is 2.41. The number of amides is 1. The van der Waals surface area contributed by atoms with Gasteiger partial charge < -0.3 is 15.3 Å². The Hall–Kier alpha value is -1.10. The van der Waals surface area contributed by atoms with Gasteiger partial charge in [-0.25, -0.2) is 0 Å². The van der Waals surface area contributed by atoms with Crippen LogP contribution in [0.2, 0.25) is 5.02 Å². The molecule has 0 aromatic heterocycles. The minimum absolute atomic E-state index is 0.0371. The molecule has 1 saturated heterocycles.